The van der Waals surface area contributed by atoms with E-state index in [0.717, 1.165) is 21.0 Å². The number of carbonyl (C=O) groups excluding carboxylic acids is 1. The Morgan fingerprint density at radius 2 is 1.71 bits per heavy atom. The second-order valence-corrected chi connectivity index (χ2v) is 12.6. The molecule has 11 nitrogen and oxygen atoms in total. The number of sulfonamides is 1. The summed E-state index contributed by atoms with van der Waals surface area (Å²) in [6.45, 7) is 0.106. The molecule has 218 valence electrons. The van der Waals surface area contributed by atoms with Gasteiger partial charge in [0.2, 0.25) is 21.8 Å². The van der Waals surface area contributed by atoms with Crippen LogP contribution in [0.3, 0.4) is 0 Å². The van der Waals surface area contributed by atoms with E-state index in [9.17, 15) is 23.1 Å². The van der Waals surface area contributed by atoms with Crippen LogP contribution in [-0.4, -0.2) is 68.5 Å². The van der Waals surface area contributed by atoms with E-state index in [4.69, 9.17) is 23.2 Å². The predicted molar refractivity (Wildman–Crippen MR) is 156 cm³/mol. The summed E-state index contributed by atoms with van der Waals surface area (Å²) < 4.78 is 27.7. The minimum Gasteiger partial charge on any atom is -0.480 e. The number of carboxylic acids is 1. The molecule has 3 aromatic carbocycles. The van der Waals surface area contributed by atoms with Gasteiger partial charge in [0, 0.05) is 28.6 Å². The molecule has 0 radical (unpaired) electrons. The summed E-state index contributed by atoms with van der Waals surface area (Å²) in [6.07, 6.45) is 0.689. The number of amides is 1. The third kappa shape index (κ3) is 6.31. The van der Waals surface area contributed by atoms with E-state index in [-0.39, 0.29) is 34.3 Å². The third-order valence-electron chi connectivity index (χ3n) is 6.94. The molecular weight excluding hydrogens is 603 g/mol. The number of carboxylic acid groups (broad SMARTS) is 1. The molecular formula is C28H26Cl2N6O5S. The number of tetrazole rings is 1. The maximum atomic E-state index is 13.3. The Labute approximate surface area is 252 Å². The SMILES string of the molecule is Cn1nnc(-c2ccccc2-c2ccc(C[C@H](NC(=O)[C@@H]3CCCN3S(=O)(=O)c3cc(Cl)cc(Cl)c3)C(=O)O)cc2)n1. The van der Waals surface area contributed by atoms with Crippen molar-refractivity contribution in [3.8, 4) is 22.5 Å². The van der Waals surface area contributed by atoms with E-state index >= 15 is 0 Å². The molecule has 0 unspecified atom stereocenters. The van der Waals surface area contributed by atoms with Crippen molar-refractivity contribution in [2.24, 2.45) is 7.05 Å². The molecule has 2 N–H and O–H groups in total. The summed E-state index contributed by atoms with van der Waals surface area (Å²) in [6, 6.07) is 16.5. The second-order valence-electron chi connectivity index (χ2n) is 9.83. The molecule has 5 rings (SSSR count). The monoisotopic (exact) mass is 628 g/mol. The predicted octanol–water partition coefficient (Wildman–Crippen LogP) is 3.82. The molecule has 1 amide bonds. The zero-order valence-corrected chi connectivity index (χ0v) is 24.6. The number of aryl methyl sites for hydroxylation is 1. The van der Waals surface area contributed by atoms with Gasteiger partial charge in [0.1, 0.15) is 12.1 Å². The van der Waals surface area contributed by atoms with E-state index in [2.05, 4.69) is 20.7 Å². The number of aromatic nitrogens is 4. The van der Waals surface area contributed by atoms with Crippen LogP contribution in [0.4, 0.5) is 0 Å². The molecule has 0 aliphatic carbocycles. The fraction of sp³-hybridized carbons (Fsp3) is 0.250. The van der Waals surface area contributed by atoms with Gasteiger partial charge in [0.15, 0.2) is 0 Å². The lowest BCUT2D eigenvalue weighted by Gasteiger charge is -2.25. The Morgan fingerprint density at radius 3 is 2.33 bits per heavy atom. The Balaban J connectivity index is 1.31. The minimum atomic E-state index is -4.10. The number of nitrogens with zero attached hydrogens (tertiary/aromatic N) is 5. The Hall–Kier alpha value is -3.84. The van der Waals surface area contributed by atoms with Crippen LogP contribution in [0.1, 0.15) is 18.4 Å². The molecule has 4 aromatic rings. The van der Waals surface area contributed by atoms with Crippen molar-refractivity contribution in [2.75, 3.05) is 6.54 Å². The second kappa shape index (κ2) is 12.2. The smallest absolute Gasteiger partial charge is 0.326 e. The van der Waals surface area contributed by atoms with Gasteiger partial charge in [0.05, 0.1) is 11.9 Å². The first kappa shape index (κ1) is 29.6. The molecule has 0 bridgehead atoms. The largest absolute Gasteiger partial charge is 0.480 e. The van der Waals surface area contributed by atoms with E-state index in [1.54, 1.807) is 19.2 Å². The normalized spacial score (nSPS) is 16.3. The highest BCUT2D eigenvalue weighted by Crippen LogP contribution is 2.31. The van der Waals surface area contributed by atoms with Crippen molar-refractivity contribution in [3.63, 3.8) is 0 Å². The molecule has 1 saturated heterocycles. The van der Waals surface area contributed by atoms with Gasteiger partial charge < -0.3 is 10.4 Å². The highest BCUT2D eigenvalue weighted by Gasteiger charge is 2.40. The van der Waals surface area contributed by atoms with Crippen LogP contribution in [-0.2, 0) is 33.1 Å². The minimum absolute atomic E-state index is 0.00190. The number of hydrogen-bond acceptors (Lipinski definition) is 7. The topological polar surface area (TPSA) is 147 Å². The van der Waals surface area contributed by atoms with Crippen LogP contribution >= 0.6 is 23.2 Å². The number of rotatable bonds is 9. The van der Waals surface area contributed by atoms with Gasteiger partial charge in [0.25, 0.3) is 0 Å². The van der Waals surface area contributed by atoms with Crippen molar-refractivity contribution in [1.29, 1.82) is 0 Å². The summed E-state index contributed by atoms with van der Waals surface area (Å²) >= 11 is 12.0. The average molecular weight is 630 g/mol. The third-order valence-corrected chi connectivity index (χ3v) is 9.27. The molecule has 1 fully saturated rings. The van der Waals surface area contributed by atoms with Crippen LogP contribution in [0.25, 0.3) is 22.5 Å². The lowest BCUT2D eigenvalue weighted by atomic mass is 9.97. The maximum absolute atomic E-state index is 13.3. The highest BCUT2D eigenvalue weighted by molar-refractivity contribution is 7.89. The zero-order valence-electron chi connectivity index (χ0n) is 22.3. The summed E-state index contributed by atoms with van der Waals surface area (Å²) in [4.78, 5) is 26.6. The molecule has 1 aliphatic heterocycles. The maximum Gasteiger partial charge on any atom is 0.326 e. The first-order chi connectivity index (χ1) is 20.0. The van der Waals surface area contributed by atoms with Crippen molar-refractivity contribution in [3.05, 3.63) is 82.3 Å². The van der Waals surface area contributed by atoms with Crippen LogP contribution in [0.2, 0.25) is 10.0 Å². The number of carbonyl (C=O) groups is 2. The average Bonchev–Trinajstić information content (AvgIpc) is 3.62. The summed E-state index contributed by atoms with van der Waals surface area (Å²) in [7, 11) is -2.42. The van der Waals surface area contributed by atoms with E-state index < -0.39 is 34.0 Å². The Bertz CT molecular complexity index is 1730. The van der Waals surface area contributed by atoms with Gasteiger partial charge in [-0.3, -0.25) is 4.79 Å². The number of halogens is 2. The van der Waals surface area contributed by atoms with Gasteiger partial charge in [-0.15, -0.1) is 10.2 Å². The van der Waals surface area contributed by atoms with Gasteiger partial charge in [-0.05, 0) is 52.9 Å². The number of hydrogen-bond donors (Lipinski definition) is 2. The lowest BCUT2D eigenvalue weighted by Crippen LogP contribution is -2.51. The van der Waals surface area contributed by atoms with Crippen LogP contribution in [0, 0.1) is 0 Å². The van der Waals surface area contributed by atoms with Crippen LogP contribution in [0.5, 0.6) is 0 Å². The quantitative estimate of drug-likeness (QED) is 0.284. The van der Waals surface area contributed by atoms with Gasteiger partial charge in [-0.1, -0.05) is 71.7 Å². The Morgan fingerprint density at radius 1 is 1.05 bits per heavy atom. The molecule has 1 aromatic heterocycles. The highest BCUT2D eigenvalue weighted by atomic mass is 35.5. The standard InChI is InChI=1S/C28H26Cl2N6O5S/c1-35-33-26(32-34-35)23-6-3-2-5-22(23)18-10-8-17(9-11-18)13-24(28(38)39)31-27(37)25-7-4-12-36(25)42(40,41)21-15-19(29)14-20(30)16-21/h2-3,5-6,8-11,14-16,24-25H,4,7,12-13H2,1H3,(H,31,37)(H,38,39)/t24-,25-/m0/s1. The van der Waals surface area contributed by atoms with Crippen LogP contribution in [0.15, 0.2) is 71.6 Å². The molecule has 42 heavy (non-hydrogen) atoms. The number of aliphatic carboxylic acids is 1. The molecule has 2 atom stereocenters. The van der Waals surface area contributed by atoms with Crippen molar-refractivity contribution in [1.82, 2.24) is 29.8 Å². The molecule has 2 heterocycles. The van der Waals surface area contributed by atoms with Crippen LogP contribution < -0.4 is 5.32 Å². The Kier molecular flexibility index (Phi) is 8.60. The summed E-state index contributed by atoms with van der Waals surface area (Å²) in [5, 5.41) is 25.0. The van der Waals surface area contributed by atoms with Crippen molar-refractivity contribution >= 4 is 45.1 Å². The van der Waals surface area contributed by atoms with E-state index in [0.29, 0.717) is 17.8 Å². The fourth-order valence-corrected chi connectivity index (χ4v) is 7.33. The summed E-state index contributed by atoms with van der Waals surface area (Å²) in [5.74, 6) is -1.44. The van der Waals surface area contributed by atoms with E-state index in [1.807, 2.05) is 36.4 Å². The van der Waals surface area contributed by atoms with Crippen molar-refractivity contribution < 1.29 is 23.1 Å². The fourth-order valence-electron chi connectivity index (χ4n) is 4.95. The van der Waals surface area contributed by atoms with Gasteiger partial charge >= 0.3 is 5.97 Å². The first-order valence-corrected chi connectivity index (χ1v) is 15.2. The van der Waals surface area contributed by atoms with E-state index in [1.165, 1.54) is 23.0 Å². The molecule has 14 heteroatoms. The lowest BCUT2D eigenvalue weighted by molar-refractivity contribution is -0.142. The first-order valence-electron chi connectivity index (χ1n) is 13.0. The van der Waals surface area contributed by atoms with Crippen molar-refractivity contribution in [2.45, 2.75) is 36.2 Å². The van der Waals surface area contributed by atoms with Gasteiger partial charge in [-0.2, -0.15) is 9.10 Å². The molecule has 1 aliphatic rings. The number of nitrogens with one attached hydrogen (secondary N) is 1. The van der Waals surface area contributed by atoms with Gasteiger partial charge in [-0.25, -0.2) is 13.2 Å². The summed E-state index contributed by atoms with van der Waals surface area (Å²) in [5.41, 5.74) is 3.21. The zero-order chi connectivity index (χ0) is 30.0. The number of benzene rings is 3. The molecule has 0 spiro atoms. The molecule has 0 saturated carbocycles.